The monoisotopic (exact) mass is 573 g/mol. The lowest BCUT2D eigenvalue weighted by atomic mass is 10.1. The van der Waals surface area contributed by atoms with Crippen molar-refractivity contribution in [3.8, 4) is 5.75 Å². The summed E-state index contributed by atoms with van der Waals surface area (Å²) in [5.41, 5.74) is 2.86. The van der Waals surface area contributed by atoms with Gasteiger partial charge in [0.2, 0.25) is 0 Å². The van der Waals surface area contributed by atoms with Crippen LogP contribution in [0, 0.1) is 0 Å². The molecule has 7 heteroatoms. The van der Waals surface area contributed by atoms with E-state index < -0.39 is 11.8 Å². The molecule has 1 unspecified atom stereocenters. The number of H-pyrrole nitrogens is 1. The van der Waals surface area contributed by atoms with Crippen LogP contribution in [-0.2, 0) is 15.9 Å². The van der Waals surface area contributed by atoms with Crippen molar-refractivity contribution in [2.45, 2.75) is 85.8 Å². The Labute approximate surface area is 251 Å². The third kappa shape index (κ3) is 19.0. The number of unbranched alkanes of at least 4 members (excludes halogenated alkanes) is 1. The fourth-order valence-electron chi connectivity index (χ4n) is 3.47. The fourth-order valence-corrected chi connectivity index (χ4v) is 3.47. The number of nitrogens with one attached hydrogen (secondary N) is 2. The van der Waals surface area contributed by atoms with Crippen molar-refractivity contribution in [3.63, 3.8) is 0 Å². The maximum absolute atomic E-state index is 11.9. The van der Waals surface area contributed by atoms with E-state index in [1.165, 1.54) is 12.0 Å². The van der Waals surface area contributed by atoms with Crippen molar-refractivity contribution >= 4 is 17.1 Å². The molecule has 2 rings (SSSR count). The highest BCUT2D eigenvalue weighted by molar-refractivity contribution is 5.90. The molecule has 0 fully saturated rings. The van der Waals surface area contributed by atoms with E-state index in [0.717, 1.165) is 42.3 Å². The molecule has 0 aliphatic rings. The van der Waals surface area contributed by atoms with E-state index in [4.69, 9.17) is 14.2 Å². The minimum Gasteiger partial charge on any atom is -0.428 e. The van der Waals surface area contributed by atoms with Crippen LogP contribution >= 0.6 is 0 Å². The first-order chi connectivity index (χ1) is 19.5. The first-order valence-electron chi connectivity index (χ1n) is 14.7. The second kappa shape index (κ2) is 23.8. The molecule has 7 nitrogen and oxygen atoms in total. The molecule has 0 radical (unpaired) electrons. The molecule has 41 heavy (non-hydrogen) atoms. The van der Waals surface area contributed by atoms with Crippen LogP contribution < -0.4 is 10.1 Å². The van der Waals surface area contributed by atoms with Gasteiger partial charge in [-0.05, 0) is 91.4 Å². The standard InChI is InChI=1S/C17H24N2O3.C13H25NO.C2H6.C2H4/c1-17(2,3)22-16(20)21-14-8-6-7-13-15(14)12(11-18-13)9-10-19(4)5;1-5-6-7-8-13(9-10-15-4)11-12(2)14-3;2*1-2/h6-8,11,18H,9-10H2,1-5H3;7-9,12,14H,5-6,10-11H2,1-4H3;1-2H3;1-2H2/b;8-7?,13-9+;;. The van der Waals surface area contributed by atoms with E-state index in [9.17, 15) is 4.79 Å². The number of fused-ring (bicyclic) bond motifs is 1. The lowest BCUT2D eigenvalue weighted by molar-refractivity contribution is 0.0209. The number of rotatable bonds is 12. The van der Waals surface area contributed by atoms with E-state index in [-0.39, 0.29) is 0 Å². The molecule has 0 saturated carbocycles. The van der Waals surface area contributed by atoms with Gasteiger partial charge in [0.15, 0.2) is 0 Å². The predicted octanol–water partition coefficient (Wildman–Crippen LogP) is 8.33. The Morgan fingerprint density at radius 1 is 1.20 bits per heavy atom. The molecule has 0 amide bonds. The largest absolute Gasteiger partial charge is 0.514 e. The zero-order chi connectivity index (χ0) is 31.8. The average Bonchev–Trinajstić information content (AvgIpc) is 3.36. The molecule has 1 atom stereocenters. The number of carbonyl (C=O) groups excluding carboxylic acids is 1. The van der Waals surface area contributed by atoms with Gasteiger partial charge in [0, 0.05) is 36.8 Å². The van der Waals surface area contributed by atoms with Crippen molar-refractivity contribution in [3.05, 3.63) is 66.9 Å². The van der Waals surface area contributed by atoms with Crippen molar-refractivity contribution in [1.82, 2.24) is 15.2 Å². The number of ether oxygens (including phenoxy) is 3. The van der Waals surface area contributed by atoms with E-state index in [1.54, 1.807) is 13.2 Å². The van der Waals surface area contributed by atoms with Gasteiger partial charge in [-0.3, -0.25) is 0 Å². The van der Waals surface area contributed by atoms with Crippen LogP contribution in [-0.4, -0.2) is 69.1 Å². The Morgan fingerprint density at radius 3 is 2.39 bits per heavy atom. The number of aromatic nitrogens is 1. The second-order valence-corrected chi connectivity index (χ2v) is 10.4. The molecule has 234 valence electrons. The lowest BCUT2D eigenvalue weighted by Crippen LogP contribution is -2.26. The van der Waals surface area contributed by atoms with Crippen molar-refractivity contribution < 1.29 is 19.0 Å². The summed E-state index contributed by atoms with van der Waals surface area (Å²) in [6, 6.07) is 6.13. The normalized spacial score (nSPS) is 12.0. The number of likely N-dealkylation sites (N-methyl/N-ethyl adjacent to an activating group) is 1. The van der Waals surface area contributed by atoms with Gasteiger partial charge in [0.05, 0.1) is 6.61 Å². The summed E-state index contributed by atoms with van der Waals surface area (Å²) in [5, 5.41) is 4.19. The summed E-state index contributed by atoms with van der Waals surface area (Å²) < 4.78 is 15.7. The third-order valence-corrected chi connectivity index (χ3v) is 5.49. The zero-order valence-corrected chi connectivity index (χ0v) is 27.9. The van der Waals surface area contributed by atoms with Gasteiger partial charge < -0.3 is 29.4 Å². The van der Waals surface area contributed by atoms with Gasteiger partial charge in [0.1, 0.15) is 11.4 Å². The van der Waals surface area contributed by atoms with Crippen LogP contribution in [0.4, 0.5) is 4.79 Å². The number of hydrogen-bond donors (Lipinski definition) is 2. The first kappa shape index (κ1) is 40.3. The quantitative estimate of drug-likeness (QED) is 0.115. The SMILES string of the molecule is C=C.CC.CCCC=C/C(=C\COC)CC(C)NC.CN(C)CCc1c[nH]c2cccc(OC(=O)OC(C)(C)C)c12. The highest BCUT2D eigenvalue weighted by Gasteiger charge is 2.20. The number of allylic oxidation sites excluding steroid dienone is 2. The summed E-state index contributed by atoms with van der Waals surface area (Å²) in [6.07, 6.45) is 12.2. The first-order valence-corrected chi connectivity index (χ1v) is 14.7. The molecule has 0 spiro atoms. The molecule has 2 N–H and O–H groups in total. The highest BCUT2D eigenvalue weighted by atomic mass is 16.7. The topological polar surface area (TPSA) is 75.8 Å². The molecule has 1 aromatic carbocycles. The molecule has 0 saturated heterocycles. The molecule has 2 aromatic rings. The number of carbonyl (C=O) groups is 1. The van der Waals surface area contributed by atoms with Crippen molar-refractivity contribution in [2.75, 3.05) is 41.4 Å². The Morgan fingerprint density at radius 2 is 1.85 bits per heavy atom. The molecule has 1 heterocycles. The van der Waals surface area contributed by atoms with Crippen LogP contribution in [0.3, 0.4) is 0 Å². The maximum Gasteiger partial charge on any atom is 0.514 e. The number of hydrogen-bond acceptors (Lipinski definition) is 6. The van der Waals surface area contributed by atoms with Gasteiger partial charge >= 0.3 is 6.16 Å². The minimum atomic E-state index is -0.681. The van der Waals surface area contributed by atoms with Crippen LogP contribution in [0.15, 0.2) is 61.4 Å². The Hall–Kier alpha value is -2.87. The summed E-state index contributed by atoms with van der Waals surface area (Å²) in [5.74, 6) is 0.529. The predicted molar refractivity (Wildman–Crippen MR) is 177 cm³/mol. The van der Waals surface area contributed by atoms with Gasteiger partial charge in [-0.15, -0.1) is 13.2 Å². The fraction of sp³-hybridized carbons (Fsp3) is 0.559. The summed E-state index contributed by atoms with van der Waals surface area (Å²) in [7, 11) is 7.79. The molecule has 1 aromatic heterocycles. The minimum absolute atomic E-state index is 0.513. The van der Waals surface area contributed by atoms with Gasteiger partial charge in [-0.1, -0.05) is 51.5 Å². The average molecular weight is 574 g/mol. The van der Waals surface area contributed by atoms with Gasteiger partial charge in [-0.25, -0.2) is 4.79 Å². The summed E-state index contributed by atoms with van der Waals surface area (Å²) in [4.78, 5) is 17.3. The Balaban J connectivity index is 0. The zero-order valence-electron chi connectivity index (χ0n) is 27.9. The van der Waals surface area contributed by atoms with Gasteiger partial charge in [0.25, 0.3) is 0 Å². The van der Waals surface area contributed by atoms with Crippen molar-refractivity contribution in [1.29, 1.82) is 0 Å². The number of benzene rings is 1. The number of aromatic amines is 1. The van der Waals surface area contributed by atoms with Crippen molar-refractivity contribution in [2.24, 2.45) is 0 Å². The van der Waals surface area contributed by atoms with Crippen LogP contribution in [0.25, 0.3) is 10.9 Å². The third-order valence-electron chi connectivity index (χ3n) is 5.49. The van der Waals surface area contributed by atoms with E-state index in [0.29, 0.717) is 18.4 Å². The molecule has 0 bridgehead atoms. The number of nitrogens with zero attached hydrogens (tertiary/aromatic N) is 1. The summed E-state index contributed by atoms with van der Waals surface area (Å²) in [6.45, 7) is 21.4. The summed E-state index contributed by atoms with van der Waals surface area (Å²) >= 11 is 0. The van der Waals surface area contributed by atoms with E-state index >= 15 is 0 Å². The van der Waals surface area contributed by atoms with Crippen LogP contribution in [0.5, 0.6) is 5.75 Å². The highest BCUT2D eigenvalue weighted by Crippen LogP contribution is 2.30. The van der Waals surface area contributed by atoms with Crippen LogP contribution in [0.1, 0.15) is 73.3 Å². The van der Waals surface area contributed by atoms with E-state index in [2.05, 4.69) is 60.4 Å². The maximum atomic E-state index is 11.9. The number of methoxy groups -OCH3 is 1. The molecular weight excluding hydrogens is 514 g/mol. The van der Waals surface area contributed by atoms with E-state index in [1.807, 2.05) is 74.1 Å². The second-order valence-electron chi connectivity index (χ2n) is 10.4. The Bertz CT molecular complexity index is 1000. The molecule has 0 aliphatic heterocycles. The smallest absolute Gasteiger partial charge is 0.428 e. The van der Waals surface area contributed by atoms with Crippen LogP contribution in [0.2, 0.25) is 0 Å². The molecule has 0 aliphatic carbocycles. The lowest BCUT2D eigenvalue weighted by Gasteiger charge is -2.19. The Kier molecular flexibility index (Phi) is 23.4. The van der Waals surface area contributed by atoms with Gasteiger partial charge in [-0.2, -0.15) is 0 Å². The molecular formula is C34H59N3O4.